The molecule has 1 aliphatic heterocycles. The Morgan fingerprint density at radius 1 is 1.22 bits per heavy atom. The maximum atomic E-state index is 14.0. The fraction of sp³-hybridized carbons (Fsp3) is 0.211. The second kappa shape index (κ2) is 7.24. The molecule has 0 N–H and O–H groups in total. The molecule has 1 aliphatic rings. The molecule has 0 radical (unpaired) electrons. The van der Waals surface area contributed by atoms with E-state index < -0.39 is 11.6 Å². The zero-order valence-electron chi connectivity index (χ0n) is 14.6. The number of benzene rings is 1. The molecule has 0 bridgehead atoms. The summed E-state index contributed by atoms with van der Waals surface area (Å²) >= 11 is 0. The number of halogens is 2. The average molecular weight is 369 g/mol. The molecule has 1 aromatic carbocycles. The van der Waals surface area contributed by atoms with Gasteiger partial charge in [-0.15, -0.1) is 5.06 Å². The zero-order valence-corrected chi connectivity index (χ0v) is 14.6. The lowest BCUT2D eigenvalue weighted by atomic mass is 9.99. The number of hydrogen-bond acceptors (Lipinski definition) is 5. The zero-order chi connectivity index (χ0) is 18.8. The molecule has 0 fully saturated rings. The third-order valence-electron chi connectivity index (χ3n) is 4.36. The first kappa shape index (κ1) is 17.3. The van der Waals surface area contributed by atoms with Crippen LogP contribution >= 0.6 is 0 Å². The minimum atomic E-state index is -0.652. The standard InChI is InChI=1S/C19H17F2N5O/c1-25-11-13(9-24-25)16(18-10-22-5-6-23-18)12-26-7-4-19(27-26)15-3-2-14(20)8-17(15)21/h2-6,8-11,16H,7,12H2,1H3. The van der Waals surface area contributed by atoms with Crippen LogP contribution in [0, 0.1) is 11.6 Å². The van der Waals surface area contributed by atoms with Gasteiger partial charge in [-0.2, -0.15) is 5.10 Å². The van der Waals surface area contributed by atoms with Gasteiger partial charge in [-0.3, -0.25) is 14.6 Å². The lowest BCUT2D eigenvalue weighted by Gasteiger charge is -2.22. The van der Waals surface area contributed by atoms with Gasteiger partial charge < -0.3 is 4.84 Å². The molecule has 27 heavy (non-hydrogen) atoms. The van der Waals surface area contributed by atoms with Crippen molar-refractivity contribution in [1.29, 1.82) is 0 Å². The Labute approximate surface area is 154 Å². The van der Waals surface area contributed by atoms with Crippen molar-refractivity contribution in [3.63, 3.8) is 0 Å². The Bertz CT molecular complexity index is 973. The first-order valence-corrected chi connectivity index (χ1v) is 8.43. The largest absolute Gasteiger partial charge is 0.405 e. The molecule has 1 atom stereocenters. The second-order valence-electron chi connectivity index (χ2n) is 6.26. The van der Waals surface area contributed by atoms with Crippen LogP contribution in [-0.2, 0) is 11.9 Å². The number of nitrogens with zero attached hydrogens (tertiary/aromatic N) is 5. The quantitative estimate of drug-likeness (QED) is 0.692. The molecule has 0 saturated carbocycles. The normalized spacial score (nSPS) is 15.4. The van der Waals surface area contributed by atoms with Gasteiger partial charge in [0, 0.05) is 55.9 Å². The molecular weight excluding hydrogens is 352 g/mol. The smallest absolute Gasteiger partial charge is 0.155 e. The minimum Gasteiger partial charge on any atom is -0.405 e. The van der Waals surface area contributed by atoms with E-state index in [1.165, 1.54) is 12.1 Å². The van der Waals surface area contributed by atoms with Gasteiger partial charge in [0.2, 0.25) is 0 Å². The molecule has 4 rings (SSSR count). The van der Waals surface area contributed by atoms with Crippen LogP contribution in [0.4, 0.5) is 8.78 Å². The van der Waals surface area contributed by atoms with Gasteiger partial charge in [0.1, 0.15) is 11.6 Å². The van der Waals surface area contributed by atoms with Gasteiger partial charge in [-0.05, 0) is 18.2 Å². The minimum absolute atomic E-state index is 0.113. The molecule has 0 amide bonds. The molecule has 0 aliphatic carbocycles. The van der Waals surface area contributed by atoms with Crippen molar-refractivity contribution < 1.29 is 13.6 Å². The molecule has 3 heterocycles. The SMILES string of the molecule is Cn1cc(C(CN2CC=C(c3ccc(F)cc3F)O2)c2cnccn2)cn1. The summed E-state index contributed by atoms with van der Waals surface area (Å²) in [6.07, 6.45) is 10.4. The van der Waals surface area contributed by atoms with Crippen LogP contribution < -0.4 is 0 Å². The molecular formula is C19H17F2N5O. The van der Waals surface area contributed by atoms with Crippen molar-refractivity contribution in [1.82, 2.24) is 24.8 Å². The van der Waals surface area contributed by atoms with Crippen molar-refractivity contribution in [3.8, 4) is 0 Å². The van der Waals surface area contributed by atoms with Crippen molar-refractivity contribution in [2.45, 2.75) is 5.92 Å². The number of rotatable bonds is 5. The van der Waals surface area contributed by atoms with E-state index >= 15 is 0 Å². The van der Waals surface area contributed by atoms with Crippen molar-refractivity contribution in [2.24, 2.45) is 7.05 Å². The number of hydroxylamine groups is 2. The Kier molecular flexibility index (Phi) is 4.64. The highest BCUT2D eigenvalue weighted by Gasteiger charge is 2.26. The van der Waals surface area contributed by atoms with Crippen LogP contribution in [0.1, 0.15) is 22.7 Å². The molecule has 8 heteroatoms. The maximum Gasteiger partial charge on any atom is 0.155 e. The van der Waals surface area contributed by atoms with Crippen molar-refractivity contribution >= 4 is 5.76 Å². The van der Waals surface area contributed by atoms with E-state index in [4.69, 9.17) is 4.84 Å². The highest BCUT2D eigenvalue weighted by molar-refractivity contribution is 5.61. The topological polar surface area (TPSA) is 56.1 Å². The predicted molar refractivity (Wildman–Crippen MR) is 94.1 cm³/mol. The Morgan fingerprint density at radius 3 is 2.81 bits per heavy atom. The summed E-state index contributed by atoms with van der Waals surface area (Å²) in [7, 11) is 1.85. The summed E-state index contributed by atoms with van der Waals surface area (Å²) in [5.41, 5.74) is 2.00. The highest BCUT2D eigenvalue weighted by Crippen LogP contribution is 2.29. The fourth-order valence-electron chi connectivity index (χ4n) is 3.04. The van der Waals surface area contributed by atoms with Crippen LogP contribution in [0.5, 0.6) is 0 Å². The van der Waals surface area contributed by atoms with Gasteiger partial charge >= 0.3 is 0 Å². The molecule has 138 valence electrons. The molecule has 0 spiro atoms. The van der Waals surface area contributed by atoms with E-state index in [9.17, 15) is 8.78 Å². The van der Waals surface area contributed by atoms with Gasteiger partial charge in [-0.1, -0.05) is 0 Å². The van der Waals surface area contributed by atoms with Crippen molar-refractivity contribution in [3.05, 3.63) is 83.7 Å². The predicted octanol–water partition coefficient (Wildman–Crippen LogP) is 2.91. The fourth-order valence-corrected chi connectivity index (χ4v) is 3.04. The van der Waals surface area contributed by atoms with E-state index in [-0.39, 0.29) is 11.5 Å². The number of hydrogen-bond donors (Lipinski definition) is 0. The average Bonchev–Trinajstić information content (AvgIpc) is 3.29. The Morgan fingerprint density at radius 2 is 2.11 bits per heavy atom. The second-order valence-corrected chi connectivity index (χ2v) is 6.26. The third kappa shape index (κ3) is 3.70. The van der Waals surface area contributed by atoms with Gasteiger partial charge in [0.15, 0.2) is 5.76 Å². The van der Waals surface area contributed by atoms with E-state index in [1.807, 2.05) is 13.2 Å². The van der Waals surface area contributed by atoms with E-state index in [1.54, 1.807) is 40.6 Å². The molecule has 2 aromatic heterocycles. The van der Waals surface area contributed by atoms with Crippen LogP contribution in [0.2, 0.25) is 0 Å². The molecule has 1 unspecified atom stereocenters. The first-order chi connectivity index (χ1) is 13.1. The van der Waals surface area contributed by atoms with Gasteiger partial charge in [0.05, 0.1) is 24.0 Å². The van der Waals surface area contributed by atoms with Crippen LogP contribution in [0.15, 0.2) is 55.3 Å². The van der Waals surface area contributed by atoms with Gasteiger partial charge in [0.25, 0.3) is 0 Å². The highest BCUT2D eigenvalue weighted by atomic mass is 19.1. The maximum absolute atomic E-state index is 14.0. The Balaban J connectivity index is 1.53. The van der Waals surface area contributed by atoms with E-state index in [0.29, 0.717) is 18.8 Å². The monoisotopic (exact) mass is 369 g/mol. The lowest BCUT2D eigenvalue weighted by Crippen LogP contribution is -2.26. The lowest BCUT2D eigenvalue weighted by molar-refractivity contribution is -0.0636. The molecule has 3 aromatic rings. The van der Waals surface area contributed by atoms with Crippen LogP contribution in [0.3, 0.4) is 0 Å². The summed E-state index contributed by atoms with van der Waals surface area (Å²) in [5, 5.41) is 5.94. The first-order valence-electron chi connectivity index (χ1n) is 8.43. The van der Waals surface area contributed by atoms with Crippen molar-refractivity contribution in [2.75, 3.05) is 13.1 Å². The molecule has 6 nitrogen and oxygen atoms in total. The third-order valence-corrected chi connectivity index (χ3v) is 4.36. The van der Waals surface area contributed by atoms with E-state index in [2.05, 4.69) is 15.1 Å². The summed E-state index contributed by atoms with van der Waals surface area (Å²) in [4.78, 5) is 14.4. The molecule has 0 saturated heterocycles. The van der Waals surface area contributed by atoms with Crippen LogP contribution in [0.25, 0.3) is 5.76 Å². The number of aromatic nitrogens is 4. The Hall–Kier alpha value is -3.13. The summed E-state index contributed by atoms with van der Waals surface area (Å²) in [6.45, 7) is 0.955. The van der Waals surface area contributed by atoms with Gasteiger partial charge in [-0.25, -0.2) is 8.78 Å². The van der Waals surface area contributed by atoms with E-state index in [0.717, 1.165) is 17.3 Å². The summed E-state index contributed by atoms with van der Waals surface area (Å²) < 4.78 is 28.9. The number of aryl methyl sites for hydroxylation is 1. The summed E-state index contributed by atoms with van der Waals surface area (Å²) in [6, 6.07) is 3.44. The van der Waals surface area contributed by atoms with Crippen LogP contribution in [-0.4, -0.2) is 37.9 Å². The summed E-state index contributed by atoms with van der Waals surface area (Å²) in [5.74, 6) is -1.01.